The molecule has 3 N–H and O–H groups in total. The van der Waals surface area contributed by atoms with Crippen LogP contribution in [0.25, 0.3) is 0 Å². The molecule has 0 saturated heterocycles. The second-order valence-electron chi connectivity index (χ2n) is 3.87. The number of oxime groups is 1. The number of thioether (sulfide) groups is 1. The predicted octanol–water partition coefficient (Wildman–Crippen LogP) is 4.31. The van der Waals surface area contributed by atoms with E-state index in [0.29, 0.717) is 5.02 Å². The summed E-state index contributed by atoms with van der Waals surface area (Å²) >= 11 is 8.99. The van der Waals surface area contributed by atoms with Gasteiger partial charge in [0.2, 0.25) is 0 Å². The lowest BCUT2D eigenvalue weighted by atomic mass is 10.2. The van der Waals surface area contributed by atoms with Gasteiger partial charge in [0.05, 0.1) is 0 Å². The Hall–Kier alpha value is -1.30. The molecular formula is C14H13ClN2OS2. The van der Waals surface area contributed by atoms with Crippen LogP contribution in [0.15, 0.2) is 62.3 Å². The first kappa shape index (κ1) is 15.1. The van der Waals surface area contributed by atoms with E-state index in [1.54, 1.807) is 23.5 Å². The van der Waals surface area contributed by atoms with Gasteiger partial charge >= 0.3 is 0 Å². The number of benzene rings is 2. The van der Waals surface area contributed by atoms with Gasteiger partial charge < -0.3 is 10.9 Å². The molecule has 0 aliphatic rings. The van der Waals surface area contributed by atoms with Gasteiger partial charge in [-0.05, 0) is 42.7 Å². The normalized spacial score (nSPS) is 11.6. The predicted molar refractivity (Wildman–Crippen MR) is 86.3 cm³/mol. The zero-order chi connectivity index (χ0) is 14.5. The van der Waals surface area contributed by atoms with Gasteiger partial charge in [0.1, 0.15) is 0 Å². The highest BCUT2D eigenvalue weighted by Crippen LogP contribution is 2.35. The molecule has 0 unspecified atom stereocenters. The van der Waals surface area contributed by atoms with Crippen LogP contribution in [-0.2, 0) is 0 Å². The summed E-state index contributed by atoms with van der Waals surface area (Å²) in [6, 6.07) is 13.4. The standard InChI is InChI=1S/C14H13ClN2OS2/c1-19-11-3-2-4-12(13(11)14(16)17-18)20-10-7-5-9(15)6-8-10/h2-8,18H,1H3,(H2,16,17). The molecule has 2 aromatic carbocycles. The van der Waals surface area contributed by atoms with E-state index in [9.17, 15) is 0 Å². The summed E-state index contributed by atoms with van der Waals surface area (Å²) in [7, 11) is 0. The van der Waals surface area contributed by atoms with Gasteiger partial charge in [-0.3, -0.25) is 0 Å². The van der Waals surface area contributed by atoms with Crippen molar-refractivity contribution in [3.63, 3.8) is 0 Å². The Labute approximate surface area is 131 Å². The van der Waals surface area contributed by atoms with E-state index in [-0.39, 0.29) is 5.84 Å². The zero-order valence-electron chi connectivity index (χ0n) is 10.7. The Morgan fingerprint density at radius 1 is 1.15 bits per heavy atom. The molecule has 6 heteroatoms. The van der Waals surface area contributed by atoms with Crippen molar-refractivity contribution in [3.05, 3.63) is 53.1 Å². The fraction of sp³-hybridized carbons (Fsp3) is 0.0714. The summed E-state index contributed by atoms with van der Waals surface area (Å²) < 4.78 is 0. The molecule has 0 fully saturated rings. The minimum absolute atomic E-state index is 0.117. The summed E-state index contributed by atoms with van der Waals surface area (Å²) in [5.41, 5.74) is 6.55. The summed E-state index contributed by atoms with van der Waals surface area (Å²) in [5, 5.41) is 12.8. The van der Waals surface area contributed by atoms with Crippen molar-refractivity contribution < 1.29 is 5.21 Å². The monoisotopic (exact) mass is 324 g/mol. The quantitative estimate of drug-likeness (QED) is 0.289. The highest BCUT2D eigenvalue weighted by molar-refractivity contribution is 8.00. The number of halogens is 1. The van der Waals surface area contributed by atoms with Gasteiger partial charge in [0.15, 0.2) is 5.84 Å². The van der Waals surface area contributed by atoms with Crippen LogP contribution in [0, 0.1) is 0 Å². The van der Waals surface area contributed by atoms with Crippen molar-refractivity contribution in [3.8, 4) is 0 Å². The SMILES string of the molecule is CSc1cccc(Sc2ccc(Cl)cc2)c1/C(N)=N/O. The van der Waals surface area contributed by atoms with Crippen LogP contribution in [0.2, 0.25) is 5.02 Å². The first-order valence-corrected chi connectivity index (χ1v) is 8.16. The van der Waals surface area contributed by atoms with Gasteiger partial charge in [0.25, 0.3) is 0 Å². The van der Waals surface area contributed by atoms with Crippen molar-refractivity contribution in [2.45, 2.75) is 14.7 Å². The van der Waals surface area contributed by atoms with Crippen molar-refractivity contribution in [2.24, 2.45) is 10.9 Å². The molecule has 0 aromatic heterocycles. The molecular weight excluding hydrogens is 312 g/mol. The lowest BCUT2D eigenvalue weighted by molar-refractivity contribution is 0.318. The van der Waals surface area contributed by atoms with Crippen molar-refractivity contribution in [2.75, 3.05) is 6.26 Å². The maximum atomic E-state index is 8.96. The van der Waals surface area contributed by atoms with Crippen LogP contribution >= 0.6 is 35.1 Å². The minimum Gasteiger partial charge on any atom is -0.409 e. The first-order chi connectivity index (χ1) is 9.65. The third kappa shape index (κ3) is 3.42. The van der Waals surface area contributed by atoms with E-state index in [0.717, 1.165) is 20.2 Å². The number of hydrogen-bond donors (Lipinski definition) is 2. The number of amidine groups is 1. The fourth-order valence-corrected chi connectivity index (χ4v) is 3.51. The highest BCUT2D eigenvalue weighted by atomic mass is 35.5. The molecule has 0 saturated carbocycles. The third-order valence-corrected chi connectivity index (χ3v) is 4.71. The molecule has 0 aliphatic carbocycles. The molecule has 0 atom stereocenters. The summed E-state index contributed by atoms with van der Waals surface area (Å²) in [4.78, 5) is 2.95. The Kier molecular flexibility index (Phi) is 5.23. The van der Waals surface area contributed by atoms with Crippen LogP contribution in [0.3, 0.4) is 0 Å². The molecule has 0 spiro atoms. The average Bonchev–Trinajstić information content (AvgIpc) is 2.48. The van der Waals surface area contributed by atoms with E-state index in [2.05, 4.69) is 5.16 Å². The van der Waals surface area contributed by atoms with Gasteiger partial charge in [0, 0.05) is 25.3 Å². The van der Waals surface area contributed by atoms with Crippen LogP contribution in [0.5, 0.6) is 0 Å². The Balaban J connectivity index is 2.43. The lowest BCUT2D eigenvalue weighted by Gasteiger charge is -2.12. The smallest absolute Gasteiger partial charge is 0.172 e. The van der Waals surface area contributed by atoms with E-state index in [1.165, 1.54) is 0 Å². The molecule has 2 rings (SSSR count). The molecule has 104 valence electrons. The van der Waals surface area contributed by atoms with Crippen LogP contribution in [-0.4, -0.2) is 17.3 Å². The first-order valence-electron chi connectivity index (χ1n) is 5.74. The van der Waals surface area contributed by atoms with Crippen molar-refractivity contribution in [1.82, 2.24) is 0 Å². The number of nitrogens with two attached hydrogens (primary N) is 1. The molecule has 3 nitrogen and oxygen atoms in total. The molecule has 0 radical (unpaired) electrons. The highest BCUT2D eigenvalue weighted by Gasteiger charge is 2.13. The van der Waals surface area contributed by atoms with E-state index in [4.69, 9.17) is 22.5 Å². The molecule has 0 heterocycles. The number of hydrogen-bond acceptors (Lipinski definition) is 4. The second-order valence-corrected chi connectivity index (χ2v) is 6.27. The van der Waals surface area contributed by atoms with Crippen LogP contribution < -0.4 is 5.73 Å². The maximum Gasteiger partial charge on any atom is 0.172 e. The van der Waals surface area contributed by atoms with E-state index in [1.807, 2.05) is 48.7 Å². The molecule has 0 amide bonds. The van der Waals surface area contributed by atoms with Gasteiger partial charge in [-0.2, -0.15) is 0 Å². The number of rotatable bonds is 4. The van der Waals surface area contributed by atoms with Crippen LogP contribution in [0.4, 0.5) is 0 Å². The molecule has 0 aliphatic heterocycles. The number of nitrogens with zero attached hydrogens (tertiary/aromatic N) is 1. The minimum atomic E-state index is 0.117. The van der Waals surface area contributed by atoms with Crippen molar-refractivity contribution >= 4 is 41.0 Å². The third-order valence-electron chi connectivity index (χ3n) is 2.61. The summed E-state index contributed by atoms with van der Waals surface area (Å²) in [6.45, 7) is 0. The Morgan fingerprint density at radius 2 is 1.80 bits per heavy atom. The largest absolute Gasteiger partial charge is 0.409 e. The van der Waals surface area contributed by atoms with Gasteiger partial charge in [-0.25, -0.2) is 0 Å². The maximum absolute atomic E-state index is 8.96. The zero-order valence-corrected chi connectivity index (χ0v) is 13.1. The Bertz CT molecular complexity index is 630. The topological polar surface area (TPSA) is 58.6 Å². The summed E-state index contributed by atoms with van der Waals surface area (Å²) in [5.74, 6) is 0.117. The Morgan fingerprint density at radius 3 is 2.40 bits per heavy atom. The molecule has 20 heavy (non-hydrogen) atoms. The second kappa shape index (κ2) is 6.92. The van der Waals surface area contributed by atoms with Gasteiger partial charge in [-0.1, -0.05) is 34.6 Å². The summed E-state index contributed by atoms with van der Waals surface area (Å²) in [6.07, 6.45) is 1.96. The van der Waals surface area contributed by atoms with E-state index >= 15 is 0 Å². The van der Waals surface area contributed by atoms with E-state index < -0.39 is 0 Å². The fourth-order valence-electron chi connectivity index (χ4n) is 1.70. The average molecular weight is 325 g/mol. The van der Waals surface area contributed by atoms with Gasteiger partial charge in [-0.15, -0.1) is 11.8 Å². The van der Waals surface area contributed by atoms with Crippen molar-refractivity contribution in [1.29, 1.82) is 0 Å². The van der Waals surface area contributed by atoms with Crippen LogP contribution in [0.1, 0.15) is 5.56 Å². The molecule has 0 bridgehead atoms. The lowest BCUT2D eigenvalue weighted by Crippen LogP contribution is -2.15. The molecule has 2 aromatic rings.